The van der Waals surface area contributed by atoms with E-state index in [1.54, 1.807) is 43.5 Å². The first-order valence-corrected chi connectivity index (χ1v) is 10.9. The van der Waals surface area contributed by atoms with Crippen molar-refractivity contribution in [3.63, 3.8) is 0 Å². The molecule has 0 aliphatic carbocycles. The summed E-state index contributed by atoms with van der Waals surface area (Å²) >= 11 is 0. The van der Waals surface area contributed by atoms with Crippen molar-refractivity contribution in [1.29, 1.82) is 0 Å². The number of methoxy groups -OCH3 is 2. The number of benzene rings is 2. The molecule has 2 aliphatic heterocycles. The SMILES string of the molecule is COc1ccc([C@H]2C(=C(O)c3ccc4c(c3)OCCO4)C(=O)C(=O)N2CCN(C)C)c(OC)c1. The van der Waals surface area contributed by atoms with Crippen LogP contribution < -0.4 is 18.9 Å². The van der Waals surface area contributed by atoms with Crippen molar-refractivity contribution >= 4 is 17.4 Å². The predicted molar refractivity (Wildman–Crippen MR) is 125 cm³/mol. The molecular weight excluding hydrogens is 440 g/mol. The van der Waals surface area contributed by atoms with Crippen LogP contribution in [0.2, 0.25) is 0 Å². The Bertz CT molecular complexity index is 1140. The second-order valence-corrected chi connectivity index (χ2v) is 8.26. The largest absolute Gasteiger partial charge is 0.507 e. The zero-order valence-electron chi connectivity index (χ0n) is 19.7. The maximum Gasteiger partial charge on any atom is 0.295 e. The van der Waals surface area contributed by atoms with E-state index in [4.69, 9.17) is 18.9 Å². The zero-order valence-corrected chi connectivity index (χ0v) is 19.7. The van der Waals surface area contributed by atoms with Crippen molar-refractivity contribution < 1.29 is 33.6 Å². The molecular formula is C25H28N2O7. The first kappa shape index (κ1) is 23.4. The summed E-state index contributed by atoms with van der Waals surface area (Å²) in [6.07, 6.45) is 0. The van der Waals surface area contributed by atoms with Crippen LogP contribution in [0.5, 0.6) is 23.0 Å². The second kappa shape index (κ2) is 9.64. The lowest BCUT2D eigenvalue weighted by Gasteiger charge is -2.28. The van der Waals surface area contributed by atoms with Crippen molar-refractivity contribution in [3.05, 3.63) is 53.1 Å². The van der Waals surface area contributed by atoms with Gasteiger partial charge in [-0.2, -0.15) is 0 Å². The van der Waals surface area contributed by atoms with Gasteiger partial charge < -0.3 is 33.9 Å². The van der Waals surface area contributed by atoms with E-state index in [0.29, 0.717) is 53.9 Å². The number of likely N-dealkylation sites (tertiary alicyclic amines) is 1. The average molecular weight is 469 g/mol. The first-order chi connectivity index (χ1) is 16.3. The smallest absolute Gasteiger partial charge is 0.295 e. The lowest BCUT2D eigenvalue weighted by atomic mass is 9.94. The van der Waals surface area contributed by atoms with Crippen LogP contribution in [0, 0.1) is 0 Å². The van der Waals surface area contributed by atoms with Gasteiger partial charge in [-0.15, -0.1) is 0 Å². The molecule has 180 valence electrons. The van der Waals surface area contributed by atoms with Gasteiger partial charge in [0.15, 0.2) is 11.5 Å². The van der Waals surface area contributed by atoms with Crippen molar-refractivity contribution in [1.82, 2.24) is 9.80 Å². The first-order valence-electron chi connectivity index (χ1n) is 10.9. The van der Waals surface area contributed by atoms with Gasteiger partial charge in [0.2, 0.25) is 0 Å². The van der Waals surface area contributed by atoms with E-state index in [1.807, 2.05) is 19.0 Å². The molecule has 1 fully saturated rings. The standard InChI is InChI=1S/C25H28N2O7/c1-26(2)9-10-27-22(17-7-6-16(31-3)14-19(17)32-4)21(24(29)25(27)30)23(28)15-5-8-18-20(13-15)34-12-11-33-18/h5-8,13-14,22,28H,9-12H2,1-4H3/t22-/m0/s1. The molecule has 0 bridgehead atoms. The third kappa shape index (κ3) is 4.26. The highest BCUT2D eigenvalue weighted by atomic mass is 16.6. The van der Waals surface area contributed by atoms with Crippen molar-refractivity contribution in [3.8, 4) is 23.0 Å². The molecule has 4 rings (SSSR count). The number of ether oxygens (including phenoxy) is 4. The average Bonchev–Trinajstić information content (AvgIpc) is 3.10. The molecule has 1 N–H and O–H groups in total. The van der Waals surface area contributed by atoms with E-state index in [9.17, 15) is 14.7 Å². The van der Waals surface area contributed by atoms with Gasteiger partial charge in [-0.1, -0.05) is 0 Å². The van der Waals surface area contributed by atoms with Crippen LogP contribution in [0.1, 0.15) is 17.2 Å². The summed E-state index contributed by atoms with van der Waals surface area (Å²) in [5.41, 5.74) is 0.914. The molecule has 0 saturated carbocycles. The fourth-order valence-electron chi connectivity index (χ4n) is 4.13. The minimum atomic E-state index is -0.839. The summed E-state index contributed by atoms with van der Waals surface area (Å²) in [4.78, 5) is 29.7. The van der Waals surface area contributed by atoms with E-state index >= 15 is 0 Å². The molecule has 1 saturated heterocycles. The molecule has 0 radical (unpaired) electrons. The zero-order chi connectivity index (χ0) is 24.4. The minimum Gasteiger partial charge on any atom is -0.507 e. The lowest BCUT2D eigenvalue weighted by molar-refractivity contribution is -0.140. The van der Waals surface area contributed by atoms with Gasteiger partial charge in [0.1, 0.15) is 30.5 Å². The maximum absolute atomic E-state index is 13.2. The number of Topliss-reactive ketones (excluding diaryl/α,β-unsaturated/α-hetero) is 1. The molecule has 2 heterocycles. The fraction of sp³-hybridized carbons (Fsp3) is 0.360. The maximum atomic E-state index is 13.2. The van der Waals surface area contributed by atoms with Crippen molar-refractivity contribution in [2.45, 2.75) is 6.04 Å². The Morgan fingerprint density at radius 2 is 1.79 bits per heavy atom. The van der Waals surface area contributed by atoms with Crippen LogP contribution in [0.25, 0.3) is 5.76 Å². The Balaban J connectivity index is 1.87. The third-order valence-corrected chi connectivity index (χ3v) is 5.88. The summed E-state index contributed by atoms with van der Waals surface area (Å²) in [5.74, 6) is 0.313. The van der Waals surface area contributed by atoms with E-state index in [1.165, 1.54) is 12.0 Å². The number of hydrogen-bond donors (Lipinski definition) is 1. The van der Waals surface area contributed by atoms with Crippen molar-refractivity contribution in [2.75, 3.05) is 54.6 Å². The number of fused-ring (bicyclic) bond motifs is 1. The molecule has 34 heavy (non-hydrogen) atoms. The monoisotopic (exact) mass is 468 g/mol. The quantitative estimate of drug-likeness (QED) is 0.376. The van der Waals surface area contributed by atoms with E-state index in [2.05, 4.69) is 0 Å². The molecule has 9 nitrogen and oxygen atoms in total. The molecule has 0 aromatic heterocycles. The topological polar surface area (TPSA) is 97.8 Å². The third-order valence-electron chi connectivity index (χ3n) is 5.88. The van der Waals surface area contributed by atoms with Gasteiger partial charge in [0.05, 0.1) is 25.8 Å². The number of nitrogens with zero attached hydrogens (tertiary/aromatic N) is 2. The molecule has 1 amide bonds. The molecule has 9 heteroatoms. The summed E-state index contributed by atoms with van der Waals surface area (Å²) in [5, 5.41) is 11.3. The van der Waals surface area contributed by atoms with Crippen LogP contribution in [0.4, 0.5) is 0 Å². The van der Waals surface area contributed by atoms with Gasteiger partial charge in [0, 0.05) is 30.3 Å². The van der Waals surface area contributed by atoms with Crippen LogP contribution >= 0.6 is 0 Å². The highest BCUT2D eigenvalue weighted by Gasteiger charge is 2.47. The predicted octanol–water partition coefficient (Wildman–Crippen LogP) is 2.46. The summed E-state index contributed by atoms with van der Waals surface area (Å²) in [6, 6.07) is 9.24. The number of carbonyl (C=O) groups is 2. The van der Waals surface area contributed by atoms with Gasteiger partial charge in [-0.05, 0) is 44.4 Å². The number of likely N-dealkylation sites (N-methyl/N-ethyl adjacent to an activating group) is 1. The van der Waals surface area contributed by atoms with Crippen LogP contribution in [-0.4, -0.2) is 81.2 Å². The summed E-state index contributed by atoms with van der Waals surface area (Å²) in [7, 11) is 6.81. The molecule has 0 spiro atoms. The molecule has 2 aromatic rings. The Labute approximate surface area is 198 Å². The number of rotatable bonds is 7. The lowest BCUT2D eigenvalue weighted by Crippen LogP contribution is -2.35. The summed E-state index contributed by atoms with van der Waals surface area (Å²) in [6.45, 7) is 1.64. The van der Waals surface area contributed by atoms with Crippen LogP contribution in [0.15, 0.2) is 42.0 Å². The van der Waals surface area contributed by atoms with Gasteiger partial charge >= 0.3 is 0 Å². The Hall–Kier alpha value is -3.72. The summed E-state index contributed by atoms with van der Waals surface area (Å²) < 4.78 is 22.0. The number of aliphatic hydroxyl groups excluding tert-OH is 1. The normalized spacial score (nSPS) is 19.0. The Kier molecular flexibility index (Phi) is 6.65. The van der Waals surface area contributed by atoms with Crippen LogP contribution in [0.3, 0.4) is 0 Å². The Morgan fingerprint density at radius 1 is 1.06 bits per heavy atom. The minimum absolute atomic E-state index is 0.0103. The number of amides is 1. The number of ketones is 1. The number of aliphatic hydroxyl groups is 1. The molecule has 0 unspecified atom stereocenters. The van der Waals surface area contributed by atoms with Crippen LogP contribution in [-0.2, 0) is 9.59 Å². The van der Waals surface area contributed by atoms with Gasteiger partial charge in [-0.25, -0.2) is 0 Å². The van der Waals surface area contributed by atoms with E-state index < -0.39 is 17.7 Å². The number of hydrogen-bond acceptors (Lipinski definition) is 8. The highest BCUT2D eigenvalue weighted by Crippen LogP contribution is 2.44. The number of carbonyl (C=O) groups excluding carboxylic acids is 2. The fourth-order valence-corrected chi connectivity index (χ4v) is 4.13. The highest BCUT2D eigenvalue weighted by molar-refractivity contribution is 6.46. The second-order valence-electron chi connectivity index (χ2n) is 8.26. The molecule has 2 aromatic carbocycles. The van der Waals surface area contributed by atoms with Gasteiger partial charge in [0.25, 0.3) is 11.7 Å². The molecule has 2 aliphatic rings. The Morgan fingerprint density at radius 3 is 2.47 bits per heavy atom. The van der Waals surface area contributed by atoms with Crippen molar-refractivity contribution in [2.24, 2.45) is 0 Å². The van der Waals surface area contributed by atoms with E-state index in [0.717, 1.165) is 0 Å². The van der Waals surface area contributed by atoms with E-state index in [-0.39, 0.29) is 17.9 Å². The van der Waals surface area contributed by atoms with Gasteiger partial charge in [-0.3, -0.25) is 9.59 Å². The molecule has 1 atom stereocenters.